The first-order valence-corrected chi connectivity index (χ1v) is 10.1. The quantitative estimate of drug-likeness (QED) is 0.549. The highest BCUT2D eigenvalue weighted by Crippen LogP contribution is 2.29. The predicted molar refractivity (Wildman–Crippen MR) is 116 cm³/mol. The van der Waals surface area contributed by atoms with E-state index in [1.165, 1.54) is 5.56 Å². The van der Waals surface area contributed by atoms with E-state index in [4.69, 9.17) is 4.98 Å². The maximum atomic E-state index is 12.7. The minimum Gasteiger partial charge on any atom is -0.352 e. The minimum absolute atomic E-state index is 0.0603. The number of pyridine rings is 1. The summed E-state index contributed by atoms with van der Waals surface area (Å²) in [5, 5.41) is 3.84. The molecule has 0 aliphatic carbocycles. The number of benzene rings is 2. The van der Waals surface area contributed by atoms with E-state index >= 15 is 0 Å². The van der Waals surface area contributed by atoms with Crippen molar-refractivity contribution in [3.63, 3.8) is 0 Å². The molecule has 1 N–H and O–H groups in total. The summed E-state index contributed by atoms with van der Waals surface area (Å²) in [4.78, 5) is 17.5. The second kappa shape index (κ2) is 7.81. The standard InChI is InChI=1S/C23H25BrN2O/c1-5-12-25-22(27)19-14-21(26-20-11-10-17(24)13-18(19)20)15-6-8-16(9-7-15)23(2,3)4/h6-11,13-14H,5,12H2,1-4H3,(H,25,27). The molecule has 0 saturated carbocycles. The first kappa shape index (κ1) is 19.6. The highest BCUT2D eigenvalue weighted by molar-refractivity contribution is 9.10. The molecule has 3 nitrogen and oxygen atoms in total. The van der Waals surface area contributed by atoms with Gasteiger partial charge < -0.3 is 5.32 Å². The summed E-state index contributed by atoms with van der Waals surface area (Å²) in [6.45, 7) is 9.30. The summed E-state index contributed by atoms with van der Waals surface area (Å²) in [6, 6.07) is 16.2. The Bertz CT molecular complexity index is 972. The number of carbonyl (C=O) groups is 1. The number of nitrogens with one attached hydrogen (secondary N) is 1. The van der Waals surface area contributed by atoms with Gasteiger partial charge in [-0.2, -0.15) is 0 Å². The van der Waals surface area contributed by atoms with Gasteiger partial charge in [-0.3, -0.25) is 4.79 Å². The van der Waals surface area contributed by atoms with Crippen molar-refractivity contribution in [3.05, 3.63) is 64.1 Å². The summed E-state index contributed by atoms with van der Waals surface area (Å²) in [7, 11) is 0. The molecule has 1 amide bonds. The Hall–Kier alpha value is -2.20. The van der Waals surface area contributed by atoms with Crippen LogP contribution < -0.4 is 5.32 Å². The van der Waals surface area contributed by atoms with Crippen LogP contribution in [0.1, 0.15) is 50.0 Å². The normalized spacial score (nSPS) is 11.6. The molecule has 3 aromatic rings. The van der Waals surface area contributed by atoms with Gasteiger partial charge in [0, 0.05) is 22.0 Å². The van der Waals surface area contributed by atoms with Gasteiger partial charge in [0.1, 0.15) is 0 Å². The number of halogens is 1. The zero-order valence-corrected chi connectivity index (χ0v) is 17.9. The fourth-order valence-corrected chi connectivity index (χ4v) is 3.37. The van der Waals surface area contributed by atoms with E-state index < -0.39 is 0 Å². The molecule has 27 heavy (non-hydrogen) atoms. The molecule has 0 unspecified atom stereocenters. The van der Waals surface area contributed by atoms with Gasteiger partial charge in [-0.25, -0.2) is 4.98 Å². The van der Waals surface area contributed by atoms with Crippen molar-refractivity contribution in [3.8, 4) is 11.3 Å². The van der Waals surface area contributed by atoms with E-state index in [1.54, 1.807) is 0 Å². The van der Waals surface area contributed by atoms with Crippen LogP contribution in [0.3, 0.4) is 0 Å². The van der Waals surface area contributed by atoms with Gasteiger partial charge in [0.15, 0.2) is 0 Å². The number of hydrogen-bond acceptors (Lipinski definition) is 2. The van der Waals surface area contributed by atoms with E-state index in [0.717, 1.165) is 33.1 Å². The summed E-state index contributed by atoms with van der Waals surface area (Å²) in [5.74, 6) is -0.0603. The second-order valence-electron chi connectivity index (χ2n) is 7.80. The van der Waals surface area contributed by atoms with Crippen LogP contribution in [-0.4, -0.2) is 17.4 Å². The van der Waals surface area contributed by atoms with Crippen LogP contribution >= 0.6 is 15.9 Å². The molecular formula is C23H25BrN2O. The largest absolute Gasteiger partial charge is 0.352 e. The SMILES string of the molecule is CCCNC(=O)c1cc(-c2ccc(C(C)(C)C)cc2)nc2ccc(Br)cc12. The molecule has 0 aliphatic heterocycles. The summed E-state index contributed by atoms with van der Waals surface area (Å²) < 4.78 is 0.934. The molecule has 0 spiro atoms. The molecule has 0 atom stereocenters. The Morgan fingerprint density at radius 3 is 2.41 bits per heavy atom. The van der Waals surface area contributed by atoms with Gasteiger partial charge in [-0.05, 0) is 41.7 Å². The number of amides is 1. The highest BCUT2D eigenvalue weighted by atomic mass is 79.9. The van der Waals surface area contributed by atoms with E-state index in [9.17, 15) is 4.79 Å². The van der Waals surface area contributed by atoms with Crippen molar-refractivity contribution >= 4 is 32.7 Å². The van der Waals surface area contributed by atoms with Crippen molar-refractivity contribution in [1.82, 2.24) is 10.3 Å². The Labute approximate surface area is 169 Å². The van der Waals surface area contributed by atoms with Crippen LogP contribution in [0.2, 0.25) is 0 Å². The molecule has 2 aromatic carbocycles. The van der Waals surface area contributed by atoms with Gasteiger partial charge in [0.05, 0.1) is 16.8 Å². The third-order valence-electron chi connectivity index (χ3n) is 4.60. The number of rotatable bonds is 4. The second-order valence-corrected chi connectivity index (χ2v) is 8.72. The molecule has 0 fully saturated rings. The van der Waals surface area contributed by atoms with E-state index in [2.05, 4.69) is 66.3 Å². The van der Waals surface area contributed by atoms with Crippen LogP contribution in [0.25, 0.3) is 22.2 Å². The van der Waals surface area contributed by atoms with Crippen LogP contribution in [0.5, 0.6) is 0 Å². The van der Waals surface area contributed by atoms with E-state index in [0.29, 0.717) is 12.1 Å². The number of hydrogen-bond donors (Lipinski definition) is 1. The maximum Gasteiger partial charge on any atom is 0.252 e. The summed E-state index contributed by atoms with van der Waals surface area (Å²) in [5.41, 5.74) is 4.68. The van der Waals surface area contributed by atoms with Gasteiger partial charge >= 0.3 is 0 Å². The predicted octanol–water partition coefficient (Wildman–Crippen LogP) is 6.10. The van der Waals surface area contributed by atoms with Gasteiger partial charge in [0.2, 0.25) is 0 Å². The third-order valence-corrected chi connectivity index (χ3v) is 5.09. The van der Waals surface area contributed by atoms with Gasteiger partial charge in [-0.15, -0.1) is 0 Å². The molecule has 3 rings (SSSR count). The zero-order valence-electron chi connectivity index (χ0n) is 16.3. The van der Waals surface area contributed by atoms with Crippen molar-refractivity contribution in [2.45, 2.75) is 39.5 Å². The van der Waals surface area contributed by atoms with Crippen molar-refractivity contribution < 1.29 is 4.79 Å². The fourth-order valence-electron chi connectivity index (χ4n) is 3.01. The number of carbonyl (C=O) groups excluding carboxylic acids is 1. The monoisotopic (exact) mass is 424 g/mol. The molecule has 0 saturated heterocycles. The summed E-state index contributed by atoms with van der Waals surface area (Å²) in [6.07, 6.45) is 0.902. The Morgan fingerprint density at radius 1 is 1.07 bits per heavy atom. The summed E-state index contributed by atoms with van der Waals surface area (Å²) >= 11 is 3.50. The molecule has 140 valence electrons. The Balaban J connectivity index is 2.11. The lowest BCUT2D eigenvalue weighted by Crippen LogP contribution is -2.24. The third kappa shape index (κ3) is 4.38. The molecule has 0 radical (unpaired) electrons. The molecule has 4 heteroatoms. The molecular weight excluding hydrogens is 400 g/mol. The lowest BCUT2D eigenvalue weighted by molar-refractivity contribution is 0.0955. The van der Waals surface area contributed by atoms with Crippen molar-refractivity contribution in [1.29, 1.82) is 0 Å². The van der Waals surface area contributed by atoms with Crippen molar-refractivity contribution in [2.75, 3.05) is 6.54 Å². The average molecular weight is 425 g/mol. The zero-order chi connectivity index (χ0) is 19.6. The maximum absolute atomic E-state index is 12.7. The first-order valence-electron chi connectivity index (χ1n) is 9.29. The number of fused-ring (bicyclic) bond motifs is 1. The van der Waals surface area contributed by atoms with Crippen LogP contribution in [0.4, 0.5) is 0 Å². The molecule has 1 aromatic heterocycles. The van der Waals surface area contributed by atoms with Crippen LogP contribution in [0, 0.1) is 0 Å². The van der Waals surface area contributed by atoms with Gasteiger partial charge in [-0.1, -0.05) is 67.9 Å². The topological polar surface area (TPSA) is 42.0 Å². The fraction of sp³-hybridized carbons (Fsp3) is 0.304. The average Bonchev–Trinajstić information content (AvgIpc) is 2.64. The number of aromatic nitrogens is 1. The molecule has 0 aliphatic rings. The van der Waals surface area contributed by atoms with Gasteiger partial charge in [0.25, 0.3) is 5.91 Å². The Kier molecular flexibility index (Phi) is 5.66. The van der Waals surface area contributed by atoms with Crippen LogP contribution in [-0.2, 0) is 5.41 Å². The number of nitrogens with zero attached hydrogens (tertiary/aromatic N) is 1. The Morgan fingerprint density at radius 2 is 1.78 bits per heavy atom. The van der Waals surface area contributed by atoms with E-state index in [-0.39, 0.29) is 11.3 Å². The highest BCUT2D eigenvalue weighted by Gasteiger charge is 2.16. The van der Waals surface area contributed by atoms with E-state index in [1.807, 2.05) is 31.2 Å². The smallest absolute Gasteiger partial charge is 0.252 e. The minimum atomic E-state index is -0.0603. The first-order chi connectivity index (χ1) is 12.8. The van der Waals surface area contributed by atoms with Crippen molar-refractivity contribution in [2.24, 2.45) is 0 Å². The lowest BCUT2D eigenvalue weighted by atomic mass is 9.86. The molecule has 0 bridgehead atoms. The lowest BCUT2D eigenvalue weighted by Gasteiger charge is -2.19. The molecule has 1 heterocycles. The van der Waals surface area contributed by atoms with Crippen LogP contribution in [0.15, 0.2) is 53.0 Å².